The van der Waals surface area contributed by atoms with Gasteiger partial charge in [0, 0.05) is 23.7 Å². The minimum atomic E-state index is -3.89. The van der Waals surface area contributed by atoms with Crippen LogP contribution in [0.1, 0.15) is 24.8 Å². The molecule has 4 nitrogen and oxygen atoms in total. The summed E-state index contributed by atoms with van der Waals surface area (Å²) in [5, 5.41) is 9.13. The van der Waals surface area contributed by atoms with Crippen molar-refractivity contribution in [1.82, 2.24) is 4.31 Å². The van der Waals surface area contributed by atoms with Gasteiger partial charge in [-0.05, 0) is 25.0 Å². The Balaban J connectivity index is 2.47. The summed E-state index contributed by atoms with van der Waals surface area (Å²) in [6, 6.07) is 2.33. The van der Waals surface area contributed by atoms with Crippen LogP contribution in [0.4, 0.5) is 4.39 Å². The molecule has 1 aromatic rings. The molecule has 0 aliphatic carbocycles. The predicted molar refractivity (Wildman–Crippen MR) is 69.9 cm³/mol. The molecule has 0 radical (unpaired) electrons. The standard InChI is InChI=1S/C12H15ClFNO3S/c13-10-6-9(8-16)12(14)11(7-10)19(17,18)15-4-2-1-3-5-15/h6-7,16H,1-5,8H2. The lowest BCUT2D eigenvalue weighted by atomic mass is 10.2. The molecule has 0 spiro atoms. The molecular weight excluding hydrogens is 293 g/mol. The van der Waals surface area contributed by atoms with Gasteiger partial charge < -0.3 is 5.11 Å². The number of piperidine rings is 1. The average molecular weight is 308 g/mol. The van der Waals surface area contributed by atoms with E-state index < -0.39 is 27.3 Å². The fourth-order valence-corrected chi connectivity index (χ4v) is 4.12. The van der Waals surface area contributed by atoms with Gasteiger partial charge >= 0.3 is 0 Å². The fourth-order valence-electron chi connectivity index (χ4n) is 2.17. The van der Waals surface area contributed by atoms with Crippen LogP contribution >= 0.6 is 11.6 Å². The molecule has 0 unspecified atom stereocenters. The highest BCUT2D eigenvalue weighted by atomic mass is 35.5. The Bertz CT molecular complexity index is 571. The highest BCUT2D eigenvalue weighted by Gasteiger charge is 2.30. The monoisotopic (exact) mass is 307 g/mol. The number of benzene rings is 1. The maximum atomic E-state index is 14.1. The van der Waals surface area contributed by atoms with Crippen molar-refractivity contribution in [2.24, 2.45) is 0 Å². The van der Waals surface area contributed by atoms with Crippen LogP contribution < -0.4 is 0 Å². The highest BCUT2D eigenvalue weighted by Crippen LogP contribution is 2.28. The van der Waals surface area contributed by atoms with Crippen LogP contribution in [0.15, 0.2) is 17.0 Å². The lowest BCUT2D eigenvalue weighted by molar-refractivity contribution is 0.274. The molecule has 7 heteroatoms. The van der Waals surface area contributed by atoms with Gasteiger partial charge in [-0.1, -0.05) is 18.0 Å². The Hall–Kier alpha value is -0.690. The van der Waals surface area contributed by atoms with Gasteiger partial charge in [-0.3, -0.25) is 0 Å². The number of aliphatic hydroxyl groups excluding tert-OH is 1. The molecule has 1 aromatic carbocycles. The summed E-state index contributed by atoms with van der Waals surface area (Å²) < 4.78 is 40.1. The van der Waals surface area contributed by atoms with Gasteiger partial charge in [-0.2, -0.15) is 4.31 Å². The molecule has 19 heavy (non-hydrogen) atoms. The lowest BCUT2D eigenvalue weighted by Crippen LogP contribution is -2.36. The first-order valence-corrected chi connectivity index (χ1v) is 7.87. The first-order valence-electron chi connectivity index (χ1n) is 6.05. The molecule has 106 valence electrons. The number of rotatable bonds is 3. The van der Waals surface area contributed by atoms with E-state index in [0.29, 0.717) is 13.1 Å². The maximum Gasteiger partial charge on any atom is 0.246 e. The van der Waals surface area contributed by atoms with E-state index in [0.717, 1.165) is 25.3 Å². The fraction of sp³-hybridized carbons (Fsp3) is 0.500. The Morgan fingerprint density at radius 2 is 1.89 bits per heavy atom. The van der Waals surface area contributed by atoms with Crippen molar-refractivity contribution in [2.45, 2.75) is 30.8 Å². The second kappa shape index (κ2) is 5.75. The third-order valence-corrected chi connectivity index (χ3v) is 5.30. The first kappa shape index (κ1) is 14.7. The number of aliphatic hydroxyl groups is 1. The molecule has 1 heterocycles. The minimum Gasteiger partial charge on any atom is -0.392 e. The van der Waals surface area contributed by atoms with Gasteiger partial charge in [0.25, 0.3) is 0 Å². The molecular formula is C12H15ClFNO3S. The first-order chi connectivity index (χ1) is 8.96. The number of halogens is 2. The van der Waals surface area contributed by atoms with Crippen LogP contribution in [0.5, 0.6) is 0 Å². The Morgan fingerprint density at radius 1 is 1.26 bits per heavy atom. The second-order valence-corrected chi connectivity index (χ2v) is 6.84. The minimum absolute atomic E-state index is 0.0982. The number of nitrogens with zero attached hydrogens (tertiary/aromatic N) is 1. The van der Waals surface area contributed by atoms with E-state index in [4.69, 9.17) is 16.7 Å². The zero-order chi connectivity index (χ0) is 14.0. The highest BCUT2D eigenvalue weighted by molar-refractivity contribution is 7.89. The van der Waals surface area contributed by atoms with Crippen LogP contribution in [-0.2, 0) is 16.6 Å². The normalized spacial score (nSPS) is 17.6. The molecule has 0 aromatic heterocycles. The van der Waals surface area contributed by atoms with Gasteiger partial charge in [0.2, 0.25) is 10.0 Å². The molecule has 1 aliphatic heterocycles. The summed E-state index contributed by atoms with van der Waals surface area (Å²) in [5.74, 6) is -0.919. The molecule has 0 saturated carbocycles. The van der Waals surface area contributed by atoms with Crippen molar-refractivity contribution >= 4 is 21.6 Å². The van der Waals surface area contributed by atoms with E-state index in [2.05, 4.69) is 0 Å². The summed E-state index contributed by atoms with van der Waals surface area (Å²) >= 11 is 5.78. The van der Waals surface area contributed by atoms with Gasteiger partial charge in [0.05, 0.1) is 6.61 Å². The molecule has 0 bridgehead atoms. The third-order valence-electron chi connectivity index (χ3n) is 3.18. The quantitative estimate of drug-likeness (QED) is 0.931. The summed E-state index contributed by atoms with van der Waals surface area (Å²) in [5.41, 5.74) is -0.108. The largest absolute Gasteiger partial charge is 0.392 e. The van der Waals surface area contributed by atoms with Gasteiger partial charge in [-0.15, -0.1) is 0 Å². The SMILES string of the molecule is O=S(=O)(c1cc(Cl)cc(CO)c1F)N1CCCCC1. The molecule has 1 N–H and O–H groups in total. The van der Waals surface area contributed by atoms with Crippen molar-refractivity contribution in [2.75, 3.05) is 13.1 Å². The van der Waals surface area contributed by atoms with E-state index in [9.17, 15) is 12.8 Å². The summed E-state index contributed by atoms with van der Waals surface area (Å²) in [6.45, 7) is 0.195. The Morgan fingerprint density at radius 3 is 2.47 bits per heavy atom. The van der Waals surface area contributed by atoms with Crippen molar-refractivity contribution < 1.29 is 17.9 Å². The van der Waals surface area contributed by atoms with E-state index in [-0.39, 0.29) is 10.6 Å². The third kappa shape index (κ3) is 2.91. The molecule has 1 saturated heterocycles. The zero-order valence-electron chi connectivity index (χ0n) is 10.3. The van der Waals surface area contributed by atoms with Crippen LogP contribution in [-0.4, -0.2) is 30.9 Å². The average Bonchev–Trinajstić information content (AvgIpc) is 2.41. The number of sulfonamides is 1. The zero-order valence-corrected chi connectivity index (χ0v) is 11.8. The number of hydrogen-bond acceptors (Lipinski definition) is 3. The predicted octanol–water partition coefficient (Wildman–Crippen LogP) is 2.15. The molecule has 0 amide bonds. The summed E-state index contributed by atoms with van der Waals surface area (Å²) in [6.07, 6.45) is 2.52. The van der Waals surface area contributed by atoms with E-state index >= 15 is 0 Å². The molecule has 1 aliphatic rings. The molecule has 2 rings (SSSR count). The van der Waals surface area contributed by atoms with E-state index in [1.54, 1.807) is 0 Å². The van der Waals surface area contributed by atoms with Crippen molar-refractivity contribution in [3.8, 4) is 0 Å². The Labute approximate surface area is 116 Å². The Kier molecular flexibility index (Phi) is 4.45. The van der Waals surface area contributed by atoms with Crippen molar-refractivity contribution in [1.29, 1.82) is 0 Å². The smallest absolute Gasteiger partial charge is 0.246 e. The second-order valence-electron chi connectivity index (χ2n) is 4.50. The van der Waals surface area contributed by atoms with E-state index in [1.165, 1.54) is 10.4 Å². The van der Waals surface area contributed by atoms with Gasteiger partial charge in [0.1, 0.15) is 10.7 Å². The lowest BCUT2D eigenvalue weighted by Gasteiger charge is -2.26. The molecule has 0 atom stereocenters. The maximum absolute atomic E-state index is 14.1. The van der Waals surface area contributed by atoms with Crippen molar-refractivity contribution in [3.63, 3.8) is 0 Å². The van der Waals surface area contributed by atoms with Crippen LogP contribution in [0.3, 0.4) is 0 Å². The number of hydrogen-bond donors (Lipinski definition) is 1. The van der Waals surface area contributed by atoms with E-state index in [1.807, 2.05) is 0 Å². The topological polar surface area (TPSA) is 57.6 Å². The molecule has 1 fully saturated rings. The van der Waals surface area contributed by atoms with Crippen LogP contribution in [0.25, 0.3) is 0 Å². The van der Waals surface area contributed by atoms with Gasteiger partial charge in [0.15, 0.2) is 0 Å². The van der Waals surface area contributed by atoms with Crippen LogP contribution in [0.2, 0.25) is 5.02 Å². The van der Waals surface area contributed by atoms with Crippen LogP contribution in [0, 0.1) is 5.82 Å². The summed E-state index contributed by atoms with van der Waals surface area (Å²) in [4.78, 5) is -0.453. The van der Waals surface area contributed by atoms with Gasteiger partial charge in [-0.25, -0.2) is 12.8 Å². The van der Waals surface area contributed by atoms with Crippen molar-refractivity contribution in [3.05, 3.63) is 28.5 Å². The summed E-state index contributed by atoms with van der Waals surface area (Å²) in [7, 11) is -3.89.